The van der Waals surface area contributed by atoms with Crippen LogP contribution in [-0.4, -0.2) is 5.71 Å². The van der Waals surface area contributed by atoms with Crippen LogP contribution in [0.25, 0.3) is 33.2 Å². The van der Waals surface area contributed by atoms with Crippen molar-refractivity contribution < 1.29 is 0 Å². The third-order valence-corrected chi connectivity index (χ3v) is 12.3. The van der Waals surface area contributed by atoms with Crippen LogP contribution in [0.4, 0.5) is 0 Å². The van der Waals surface area contributed by atoms with Gasteiger partial charge in [0.2, 0.25) is 0 Å². The molecular weight excluding hydrogens is 819 g/mol. The van der Waals surface area contributed by atoms with Crippen molar-refractivity contribution in [3.8, 4) is 0 Å². The predicted molar refractivity (Wildman–Crippen MR) is 307 cm³/mol. The molecule has 2 atom stereocenters. The maximum Gasteiger partial charge on any atom is 0.0692 e. The van der Waals surface area contributed by atoms with Crippen molar-refractivity contribution >= 4 is 38.9 Å². The molecule has 0 spiro atoms. The molecule has 0 aliphatic rings. The molecule has 2 unspecified atom stereocenters. The van der Waals surface area contributed by atoms with Gasteiger partial charge in [0.05, 0.1) is 11.4 Å². The Bertz CT molecular complexity index is 2670. The lowest BCUT2D eigenvalue weighted by molar-refractivity contribution is 0.733. The van der Waals surface area contributed by atoms with E-state index < -0.39 is 0 Å². The van der Waals surface area contributed by atoms with Crippen molar-refractivity contribution in [2.45, 2.75) is 115 Å². The number of nitrogens with zero attached hydrogens (tertiary/aromatic N) is 1. The van der Waals surface area contributed by atoms with Gasteiger partial charge < -0.3 is 0 Å². The quantitative estimate of drug-likeness (QED) is 0.0697. The standard InChI is InChI=1S/C23H24.C21H25N.C13H18.C7H8.C3H6/c1-5-20-22(15-14-19-11-7-9-13-23(19)20)18(4)17(3)21-12-8-6-10-16(21)2;1-5-17(4)21(19-14-10-7-11-15-19)22-20(16(2)3)18-12-8-6-9-13-18;1-5-11(4)13-8-6-12(7-9-13)10(2)3;1-7-5-3-2-4-6-7;1-3-2/h6-15H,5H2,1-4H3;6-15,17H,5H2,1-4H3;6-9,11H,2,5H2,1,3-4H3;2-6H,1H3;3H,1H2,2H3/b18-17+;;;;. The lowest BCUT2D eigenvalue weighted by Crippen LogP contribution is -2.12. The maximum atomic E-state index is 5.08. The van der Waals surface area contributed by atoms with Crippen LogP contribution in [0.15, 0.2) is 206 Å². The first-order valence-electron chi connectivity index (χ1n) is 24.7. The Morgan fingerprint density at radius 1 is 0.544 bits per heavy atom. The van der Waals surface area contributed by atoms with Crippen LogP contribution in [0.2, 0.25) is 0 Å². The molecule has 7 rings (SSSR count). The Morgan fingerprint density at radius 2 is 1.04 bits per heavy atom. The summed E-state index contributed by atoms with van der Waals surface area (Å²) in [6.07, 6.45) is 5.08. The second-order valence-electron chi connectivity index (χ2n) is 17.9. The number of aliphatic imine (C=N–C) groups is 1. The van der Waals surface area contributed by atoms with Crippen molar-refractivity contribution in [3.05, 3.63) is 251 Å². The maximum absolute atomic E-state index is 5.08. The highest BCUT2D eigenvalue weighted by Gasteiger charge is 2.14. The summed E-state index contributed by atoms with van der Waals surface area (Å²) in [5.74, 6) is 1.10. The minimum absolute atomic E-state index is 0.431. The fourth-order valence-corrected chi connectivity index (χ4v) is 7.78. The van der Waals surface area contributed by atoms with Gasteiger partial charge in [-0.05, 0) is 147 Å². The Kier molecular flexibility index (Phi) is 24.6. The van der Waals surface area contributed by atoms with Crippen molar-refractivity contribution in [3.63, 3.8) is 0 Å². The molecule has 0 amide bonds. The van der Waals surface area contributed by atoms with Gasteiger partial charge in [0, 0.05) is 5.56 Å². The second-order valence-corrected chi connectivity index (χ2v) is 17.9. The summed E-state index contributed by atoms with van der Waals surface area (Å²) in [6, 6.07) is 61.8. The Morgan fingerprint density at radius 3 is 1.53 bits per heavy atom. The zero-order valence-corrected chi connectivity index (χ0v) is 44.0. The molecule has 1 heteroatoms. The molecule has 0 aliphatic heterocycles. The van der Waals surface area contributed by atoms with Crippen molar-refractivity contribution in [2.75, 3.05) is 0 Å². The smallest absolute Gasteiger partial charge is 0.0692 e. The monoisotopic (exact) mass is 900 g/mol. The predicted octanol–water partition coefficient (Wildman–Crippen LogP) is 20.1. The summed E-state index contributed by atoms with van der Waals surface area (Å²) in [6.45, 7) is 35.4. The molecule has 7 aromatic rings. The summed E-state index contributed by atoms with van der Waals surface area (Å²) < 4.78 is 0. The molecule has 0 aliphatic carbocycles. The van der Waals surface area contributed by atoms with E-state index in [-0.39, 0.29) is 0 Å². The number of allylic oxidation sites excluding steroid dienone is 5. The SMILES string of the molecule is C=C(C)c1ccc(C(C)CC)cc1.C=CC.CCC(C)C(=NC(=C(C)C)c1ccccc1)c1ccccc1.CCc1c(/C(C)=C(\C)c2ccccc2C)ccc2ccccc12.Cc1ccccc1. The molecule has 0 fully saturated rings. The topological polar surface area (TPSA) is 12.4 Å². The van der Waals surface area contributed by atoms with Gasteiger partial charge in [-0.15, -0.1) is 6.58 Å². The summed E-state index contributed by atoms with van der Waals surface area (Å²) in [5, 5.41) is 2.71. The number of aryl methyl sites for hydroxylation is 3. The van der Waals surface area contributed by atoms with Crippen molar-refractivity contribution in [1.82, 2.24) is 0 Å². The molecule has 0 saturated heterocycles. The lowest BCUT2D eigenvalue weighted by atomic mass is 9.89. The lowest BCUT2D eigenvalue weighted by Gasteiger charge is -2.16. The van der Waals surface area contributed by atoms with E-state index >= 15 is 0 Å². The van der Waals surface area contributed by atoms with E-state index in [9.17, 15) is 0 Å². The van der Waals surface area contributed by atoms with Crippen LogP contribution in [0.1, 0.15) is 145 Å². The van der Waals surface area contributed by atoms with Crippen molar-refractivity contribution in [2.24, 2.45) is 10.9 Å². The van der Waals surface area contributed by atoms with Gasteiger partial charge in [-0.3, -0.25) is 4.99 Å². The van der Waals surface area contributed by atoms with Gasteiger partial charge in [0.15, 0.2) is 0 Å². The Labute approximate surface area is 413 Å². The van der Waals surface area contributed by atoms with Crippen LogP contribution in [0.5, 0.6) is 0 Å². The summed E-state index contributed by atoms with van der Waals surface area (Å²) in [5.41, 5.74) is 19.3. The second kappa shape index (κ2) is 29.9. The number of benzene rings is 7. The molecule has 0 heterocycles. The van der Waals surface area contributed by atoms with E-state index in [0.29, 0.717) is 11.8 Å². The van der Waals surface area contributed by atoms with Gasteiger partial charge in [-0.2, -0.15) is 0 Å². The van der Waals surface area contributed by atoms with Crippen LogP contribution < -0.4 is 0 Å². The highest BCUT2D eigenvalue weighted by atomic mass is 14.8. The fraction of sp³-hybridized carbons (Fsp3) is 0.269. The number of hydrogen-bond acceptors (Lipinski definition) is 1. The van der Waals surface area contributed by atoms with Crippen molar-refractivity contribution in [1.29, 1.82) is 0 Å². The molecule has 0 radical (unpaired) electrons. The fourth-order valence-electron chi connectivity index (χ4n) is 7.78. The van der Waals surface area contributed by atoms with E-state index in [1.54, 1.807) is 6.08 Å². The minimum atomic E-state index is 0.431. The first-order valence-corrected chi connectivity index (χ1v) is 24.7. The zero-order valence-electron chi connectivity index (χ0n) is 44.0. The van der Waals surface area contributed by atoms with E-state index in [0.717, 1.165) is 24.1 Å². The number of fused-ring (bicyclic) bond motifs is 1. The van der Waals surface area contributed by atoms with Crippen LogP contribution in [0, 0.1) is 19.8 Å². The Balaban J connectivity index is 0.000000252. The summed E-state index contributed by atoms with van der Waals surface area (Å²) in [4.78, 5) is 5.08. The molecule has 0 N–H and O–H groups in total. The molecule has 354 valence electrons. The van der Waals surface area contributed by atoms with Crippen LogP contribution >= 0.6 is 0 Å². The first-order chi connectivity index (χ1) is 32.7. The highest BCUT2D eigenvalue weighted by Crippen LogP contribution is 2.33. The van der Waals surface area contributed by atoms with Gasteiger partial charge in [-0.1, -0.05) is 240 Å². The average Bonchev–Trinajstić information content (AvgIpc) is 3.37. The van der Waals surface area contributed by atoms with Gasteiger partial charge in [0.1, 0.15) is 0 Å². The molecular formula is C67H81N. The molecule has 68 heavy (non-hydrogen) atoms. The highest BCUT2D eigenvalue weighted by molar-refractivity contribution is 6.05. The normalized spacial score (nSPS) is 11.8. The third kappa shape index (κ3) is 17.3. The van der Waals surface area contributed by atoms with E-state index in [1.165, 1.54) is 89.7 Å². The Hall–Kier alpha value is -6.57. The van der Waals surface area contributed by atoms with E-state index in [4.69, 9.17) is 4.99 Å². The molecule has 0 bridgehead atoms. The molecule has 0 aromatic heterocycles. The average molecular weight is 900 g/mol. The largest absolute Gasteiger partial charge is 0.252 e. The first kappa shape index (κ1) is 55.8. The molecule has 7 aromatic carbocycles. The van der Waals surface area contributed by atoms with Crippen LogP contribution in [-0.2, 0) is 6.42 Å². The molecule has 1 nitrogen and oxygen atoms in total. The summed E-state index contributed by atoms with van der Waals surface area (Å²) in [7, 11) is 0. The summed E-state index contributed by atoms with van der Waals surface area (Å²) >= 11 is 0. The third-order valence-electron chi connectivity index (χ3n) is 12.3. The number of hydrogen-bond donors (Lipinski definition) is 0. The molecule has 0 saturated carbocycles. The van der Waals surface area contributed by atoms with Gasteiger partial charge >= 0.3 is 0 Å². The van der Waals surface area contributed by atoms with Crippen LogP contribution in [0.3, 0.4) is 0 Å². The van der Waals surface area contributed by atoms with Gasteiger partial charge in [-0.25, -0.2) is 0 Å². The number of rotatable bonds is 11. The minimum Gasteiger partial charge on any atom is -0.252 e. The zero-order chi connectivity index (χ0) is 50.0. The van der Waals surface area contributed by atoms with E-state index in [2.05, 4.69) is 241 Å². The van der Waals surface area contributed by atoms with E-state index in [1.807, 2.05) is 38.1 Å². The van der Waals surface area contributed by atoms with Gasteiger partial charge in [0.25, 0.3) is 0 Å².